The van der Waals surface area contributed by atoms with E-state index < -0.39 is 0 Å². The molecule has 0 unspecified atom stereocenters. The molecule has 5 nitrogen and oxygen atoms in total. The first-order valence-electron chi connectivity index (χ1n) is 9.87. The summed E-state index contributed by atoms with van der Waals surface area (Å²) in [5.41, 5.74) is 2.05. The number of nitrogens with zero attached hydrogens (tertiary/aromatic N) is 3. The van der Waals surface area contributed by atoms with Crippen LogP contribution >= 0.6 is 34.5 Å². The number of para-hydroxylation sites is 1. The Morgan fingerprint density at radius 1 is 1.07 bits per heavy atom. The van der Waals surface area contributed by atoms with Crippen LogP contribution in [0.25, 0.3) is 10.9 Å². The summed E-state index contributed by atoms with van der Waals surface area (Å²) in [4.78, 5) is 11.5. The number of hydrogen-bond donors (Lipinski definition) is 2. The molecule has 2 aromatic heterocycles. The molecule has 0 aliphatic heterocycles. The van der Waals surface area contributed by atoms with Gasteiger partial charge in [0.25, 0.3) is 0 Å². The van der Waals surface area contributed by atoms with Crippen LogP contribution in [0.15, 0.2) is 30.3 Å². The van der Waals surface area contributed by atoms with Gasteiger partial charge in [0, 0.05) is 38.1 Å². The molecule has 154 valence electrons. The van der Waals surface area contributed by atoms with Gasteiger partial charge >= 0.3 is 0 Å². The monoisotopic (exact) mass is 449 g/mol. The number of hydrogen-bond acceptors (Lipinski definition) is 6. The van der Waals surface area contributed by atoms with Crippen LogP contribution in [0.2, 0.25) is 8.67 Å². The van der Waals surface area contributed by atoms with E-state index in [0.29, 0.717) is 18.0 Å². The summed E-state index contributed by atoms with van der Waals surface area (Å²) in [6.07, 6.45) is 4.40. The predicted octanol–water partition coefficient (Wildman–Crippen LogP) is 5.58. The number of benzene rings is 1. The largest absolute Gasteiger partial charge is 0.362 e. The van der Waals surface area contributed by atoms with Crippen molar-refractivity contribution in [1.82, 2.24) is 15.3 Å². The lowest BCUT2D eigenvalue weighted by molar-refractivity contribution is 0.352. The Morgan fingerprint density at radius 2 is 1.79 bits per heavy atom. The molecule has 0 atom stereocenters. The van der Waals surface area contributed by atoms with Gasteiger partial charge < -0.3 is 15.5 Å². The number of halogens is 2. The minimum atomic E-state index is 0.392. The molecule has 0 saturated heterocycles. The van der Waals surface area contributed by atoms with Crippen molar-refractivity contribution in [3.63, 3.8) is 0 Å². The van der Waals surface area contributed by atoms with Crippen molar-refractivity contribution in [2.75, 3.05) is 24.3 Å². The first-order chi connectivity index (χ1) is 14.0. The van der Waals surface area contributed by atoms with Crippen LogP contribution < -0.4 is 15.5 Å². The average Bonchev–Trinajstić information content (AvgIpc) is 3.03. The summed E-state index contributed by atoms with van der Waals surface area (Å²) in [7, 11) is 4.03. The standard InChI is InChI=1S/C21H25Cl2N5S/c1-28(2)20-16-5-3-4-6-17(16)26-21(27-20)25-15-9-7-14(8-10-15)24-12-13-11-18(22)29-19(13)23/h3-6,11,14-15,24H,7-10,12H2,1-2H3,(H,25,26,27). The highest BCUT2D eigenvalue weighted by atomic mass is 35.5. The van der Waals surface area contributed by atoms with Gasteiger partial charge in [-0.15, -0.1) is 11.3 Å². The van der Waals surface area contributed by atoms with Gasteiger partial charge in [-0.2, -0.15) is 4.98 Å². The highest BCUT2D eigenvalue weighted by Crippen LogP contribution is 2.31. The van der Waals surface area contributed by atoms with Crippen molar-refractivity contribution < 1.29 is 0 Å². The van der Waals surface area contributed by atoms with Crippen LogP contribution in [0, 0.1) is 0 Å². The third kappa shape index (κ3) is 4.94. The Bertz CT molecular complexity index is 982. The smallest absolute Gasteiger partial charge is 0.225 e. The summed E-state index contributed by atoms with van der Waals surface area (Å²) in [5, 5.41) is 8.26. The minimum absolute atomic E-state index is 0.392. The van der Waals surface area contributed by atoms with Crippen molar-refractivity contribution in [3.05, 3.63) is 44.6 Å². The highest BCUT2D eigenvalue weighted by Gasteiger charge is 2.22. The van der Waals surface area contributed by atoms with E-state index in [4.69, 9.17) is 33.2 Å². The van der Waals surface area contributed by atoms with E-state index in [-0.39, 0.29) is 0 Å². The lowest BCUT2D eigenvalue weighted by atomic mass is 9.91. The van der Waals surface area contributed by atoms with Crippen LogP contribution in [-0.4, -0.2) is 36.1 Å². The molecule has 1 aromatic carbocycles. The van der Waals surface area contributed by atoms with Gasteiger partial charge in [0.2, 0.25) is 5.95 Å². The van der Waals surface area contributed by atoms with E-state index in [1.807, 2.05) is 43.3 Å². The molecular formula is C21H25Cl2N5S. The fourth-order valence-corrected chi connectivity index (χ4v) is 5.33. The van der Waals surface area contributed by atoms with Gasteiger partial charge in [0.05, 0.1) is 14.2 Å². The third-order valence-corrected chi connectivity index (χ3v) is 6.94. The summed E-state index contributed by atoms with van der Waals surface area (Å²) in [6, 6.07) is 11.0. The van der Waals surface area contributed by atoms with Crippen molar-refractivity contribution >= 4 is 57.2 Å². The molecule has 0 bridgehead atoms. The van der Waals surface area contributed by atoms with Crippen molar-refractivity contribution in [2.24, 2.45) is 0 Å². The van der Waals surface area contributed by atoms with Gasteiger partial charge in [-0.05, 0) is 49.4 Å². The van der Waals surface area contributed by atoms with E-state index in [1.165, 1.54) is 11.3 Å². The lowest BCUT2D eigenvalue weighted by Gasteiger charge is -2.30. The second-order valence-corrected chi connectivity index (χ2v) is 9.99. The molecule has 2 heterocycles. The van der Waals surface area contributed by atoms with Crippen LogP contribution in [0.1, 0.15) is 31.2 Å². The number of rotatable bonds is 6. The zero-order valence-electron chi connectivity index (χ0n) is 16.6. The number of aromatic nitrogens is 2. The molecule has 0 amide bonds. The number of anilines is 2. The Morgan fingerprint density at radius 3 is 2.48 bits per heavy atom. The number of nitrogens with one attached hydrogen (secondary N) is 2. The van der Waals surface area contributed by atoms with Crippen LogP contribution in [0.5, 0.6) is 0 Å². The van der Waals surface area contributed by atoms with Gasteiger partial charge in [-0.25, -0.2) is 4.98 Å². The van der Waals surface area contributed by atoms with Crippen LogP contribution in [-0.2, 0) is 6.54 Å². The molecule has 2 N–H and O–H groups in total. The van der Waals surface area contributed by atoms with Crippen LogP contribution in [0.3, 0.4) is 0 Å². The highest BCUT2D eigenvalue weighted by molar-refractivity contribution is 7.20. The predicted molar refractivity (Wildman–Crippen MR) is 125 cm³/mol. The zero-order chi connectivity index (χ0) is 20.4. The van der Waals surface area contributed by atoms with Crippen molar-refractivity contribution in [3.8, 4) is 0 Å². The fourth-order valence-electron chi connectivity index (χ4n) is 3.84. The minimum Gasteiger partial charge on any atom is -0.362 e. The molecule has 4 rings (SSSR count). The zero-order valence-corrected chi connectivity index (χ0v) is 18.9. The summed E-state index contributed by atoms with van der Waals surface area (Å²) in [6.45, 7) is 0.769. The van der Waals surface area contributed by atoms with Gasteiger partial charge in [-0.3, -0.25) is 0 Å². The molecule has 0 radical (unpaired) electrons. The summed E-state index contributed by atoms with van der Waals surface area (Å²) >= 11 is 13.7. The molecular weight excluding hydrogens is 425 g/mol. The molecule has 1 saturated carbocycles. The Hall–Kier alpha value is -1.60. The van der Waals surface area contributed by atoms with Crippen molar-refractivity contribution in [2.45, 2.75) is 44.3 Å². The number of thiophene rings is 1. The molecule has 0 spiro atoms. The number of fused-ring (bicyclic) bond motifs is 1. The normalized spacial score (nSPS) is 19.4. The quantitative estimate of drug-likeness (QED) is 0.514. The molecule has 1 aliphatic carbocycles. The molecule has 8 heteroatoms. The topological polar surface area (TPSA) is 53.1 Å². The maximum Gasteiger partial charge on any atom is 0.225 e. The first kappa shape index (κ1) is 20.7. The fraction of sp³-hybridized carbons (Fsp3) is 0.429. The second-order valence-electron chi connectivity index (χ2n) is 7.71. The maximum absolute atomic E-state index is 6.22. The SMILES string of the molecule is CN(C)c1nc(NC2CCC(NCc3cc(Cl)sc3Cl)CC2)nc2ccccc12. The van der Waals surface area contributed by atoms with E-state index in [9.17, 15) is 0 Å². The lowest BCUT2D eigenvalue weighted by Crippen LogP contribution is -2.36. The van der Waals surface area contributed by atoms with E-state index in [2.05, 4.69) is 16.7 Å². The Kier molecular flexibility index (Phi) is 6.44. The second kappa shape index (κ2) is 9.04. The molecule has 3 aromatic rings. The first-order valence-corrected chi connectivity index (χ1v) is 11.4. The van der Waals surface area contributed by atoms with E-state index in [1.54, 1.807) is 0 Å². The average molecular weight is 450 g/mol. The maximum atomic E-state index is 6.22. The van der Waals surface area contributed by atoms with E-state index in [0.717, 1.165) is 63.2 Å². The van der Waals surface area contributed by atoms with E-state index >= 15 is 0 Å². The van der Waals surface area contributed by atoms with Gasteiger partial charge in [0.15, 0.2) is 0 Å². The van der Waals surface area contributed by atoms with Crippen LogP contribution in [0.4, 0.5) is 11.8 Å². The van der Waals surface area contributed by atoms with Gasteiger partial charge in [0.1, 0.15) is 5.82 Å². The van der Waals surface area contributed by atoms with Gasteiger partial charge in [-0.1, -0.05) is 35.3 Å². The summed E-state index contributed by atoms with van der Waals surface area (Å²) in [5.74, 6) is 1.66. The Labute approximate surface area is 185 Å². The molecule has 29 heavy (non-hydrogen) atoms. The van der Waals surface area contributed by atoms with Crippen molar-refractivity contribution in [1.29, 1.82) is 0 Å². The molecule has 1 fully saturated rings. The third-order valence-electron chi connectivity index (χ3n) is 5.38. The summed E-state index contributed by atoms with van der Waals surface area (Å²) < 4.78 is 1.52. The molecule has 1 aliphatic rings. The Balaban J connectivity index is 1.35.